The minimum atomic E-state index is -2.83. The van der Waals surface area contributed by atoms with Crippen LogP contribution in [0.4, 0.5) is 20.3 Å². The molecule has 4 heterocycles. The number of aliphatic carboxylic acids is 1. The van der Waals surface area contributed by atoms with Gasteiger partial charge in [-0.3, -0.25) is 13.3 Å². The highest BCUT2D eigenvalue weighted by Crippen LogP contribution is 2.36. The Morgan fingerprint density at radius 1 is 1.38 bits per heavy atom. The molecule has 2 fully saturated rings. The third-order valence-corrected chi connectivity index (χ3v) is 8.97. The highest BCUT2D eigenvalue weighted by Gasteiger charge is 2.43. The van der Waals surface area contributed by atoms with Gasteiger partial charge < -0.3 is 29.9 Å². The number of fused-ring (bicyclic) bond motifs is 1. The van der Waals surface area contributed by atoms with Gasteiger partial charge in [0.15, 0.2) is 5.13 Å². The third-order valence-electron chi connectivity index (χ3n) is 7.03. The van der Waals surface area contributed by atoms with E-state index in [1.54, 1.807) is 29.3 Å². The quantitative estimate of drug-likeness (QED) is 0.358. The number of carbonyl (C=O) groups excluding carboxylic acids is 1. The molecule has 208 valence electrons. The van der Waals surface area contributed by atoms with Crippen LogP contribution < -0.4 is 19.7 Å². The van der Waals surface area contributed by atoms with Crippen molar-refractivity contribution in [2.45, 2.75) is 37.5 Å². The molecule has 4 atom stereocenters. The van der Waals surface area contributed by atoms with Crippen molar-refractivity contribution in [3.63, 3.8) is 0 Å². The van der Waals surface area contributed by atoms with Crippen LogP contribution in [0.3, 0.4) is 0 Å². The first-order valence-electron chi connectivity index (χ1n) is 12.2. The maximum atomic E-state index is 13.6. The van der Waals surface area contributed by atoms with E-state index in [1.165, 1.54) is 18.2 Å². The van der Waals surface area contributed by atoms with Crippen LogP contribution in [0.25, 0.3) is 10.8 Å². The van der Waals surface area contributed by atoms with Crippen LogP contribution in [0, 0.1) is 0 Å². The molecule has 0 bridgehead atoms. The van der Waals surface area contributed by atoms with Crippen molar-refractivity contribution in [1.29, 1.82) is 0 Å². The largest absolute Gasteiger partial charge is 0.755 e. The molecule has 1 aromatic carbocycles. The van der Waals surface area contributed by atoms with Crippen molar-refractivity contribution in [2.24, 2.45) is 0 Å². The van der Waals surface area contributed by atoms with E-state index in [0.717, 1.165) is 21.0 Å². The Morgan fingerprint density at radius 3 is 2.85 bits per heavy atom. The lowest BCUT2D eigenvalue weighted by Crippen LogP contribution is -2.48. The normalized spacial score (nSPS) is 20.9. The van der Waals surface area contributed by atoms with Crippen LogP contribution in [0.2, 0.25) is 0 Å². The Hall–Kier alpha value is -3.56. The van der Waals surface area contributed by atoms with Gasteiger partial charge in [-0.2, -0.15) is 0 Å². The van der Waals surface area contributed by atoms with Crippen LogP contribution in [-0.4, -0.2) is 85.6 Å². The van der Waals surface area contributed by atoms with Gasteiger partial charge in [-0.1, -0.05) is 11.3 Å². The summed E-state index contributed by atoms with van der Waals surface area (Å²) >= 11 is -1.79. The van der Waals surface area contributed by atoms with E-state index in [9.17, 15) is 27.8 Å². The molecule has 1 unspecified atom stereocenters. The van der Waals surface area contributed by atoms with Crippen molar-refractivity contribution in [3.8, 4) is 5.75 Å². The highest BCUT2D eigenvalue weighted by atomic mass is 32.2. The predicted molar refractivity (Wildman–Crippen MR) is 143 cm³/mol. The van der Waals surface area contributed by atoms with Crippen molar-refractivity contribution in [2.75, 3.05) is 41.7 Å². The number of carboxylic acids is 1. The van der Waals surface area contributed by atoms with Crippen molar-refractivity contribution < 1.29 is 32.6 Å². The topological polar surface area (TPSA) is 165 Å². The third kappa shape index (κ3) is 5.21. The maximum Gasteiger partial charge on any atom is 0.326 e. The number of methoxy groups -OCH3 is 1. The molecule has 2 saturated heterocycles. The number of amides is 1. The smallest absolute Gasteiger partial charge is 0.326 e. The van der Waals surface area contributed by atoms with Crippen molar-refractivity contribution >= 4 is 61.2 Å². The average Bonchev–Trinajstić information content (AvgIpc) is 3.63. The molecule has 3 aromatic rings. The van der Waals surface area contributed by atoms with Gasteiger partial charge >= 0.3 is 5.97 Å². The fourth-order valence-corrected chi connectivity index (χ4v) is 6.90. The Balaban J connectivity index is 1.39. The van der Waals surface area contributed by atoms with Gasteiger partial charge in [0.2, 0.25) is 5.91 Å². The van der Waals surface area contributed by atoms with Crippen LogP contribution in [0.15, 0.2) is 30.6 Å². The molecule has 3 N–H and O–H groups in total. The Labute approximate surface area is 229 Å². The zero-order valence-corrected chi connectivity index (χ0v) is 22.5. The predicted octanol–water partition coefficient (Wildman–Crippen LogP) is 1.73. The second kappa shape index (κ2) is 10.9. The van der Waals surface area contributed by atoms with Gasteiger partial charge in [-0.25, -0.2) is 19.2 Å². The number of rotatable bonds is 9. The number of ether oxygens (including phenoxy) is 1. The molecule has 0 radical (unpaired) electrons. The van der Waals surface area contributed by atoms with E-state index in [2.05, 4.69) is 9.97 Å². The fraction of sp³-hybridized carbons (Fsp3) is 0.417. The van der Waals surface area contributed by atoms with Crippen LogP contribution in [0.5, 0.6) is 5.75 Å². The number of halogens is 1. The van der Waals surface area contributed by atoms with E-state index in [0.29, 0.717) is 40.6 Å². The van der Waals surface area contributed by atoms with Gasteiger partial charge in [0, 0.05) is 42.4 Å². The number of likely N-dealkylation sites (tertiary alicyclic amines) is 1. The number of hydrogen-bond donors (Lipinski definition) is 2. The molecule has 5 rings (SSSR count). The summed E-state index contributed by atoms with van der Waals surface area (Å²) in [6.07, 6.45) is 2.29. The highest BCUT2D eigenvalue weighted by molar-refractivity contribution is 7.81. The number of aromatic nitrogens is 2. The number of alkyl halides is 1. The molecule has 39 heavy (non-hydrogen) atoms. The number of nitrogens with two attached hydrogens (primary N) is 1. The van der Waals surface area contributed by atoms with Crippen molar-refractivity contribution in [1.82, 2.24) is 14.9 Å². The summed E-state index contributed by atoms with van der Waals surface area (Å²) < 4.78 is 44.6. The molecular formula is C24H26FN6O6S2-. The molecule has 0 spiro atoms. The molecule has 0 saturated carbocycles. The van der Waals surface area contributed by atoms with E-state index in [1.807, 2.05) is 0 Å². The van der Waals surface area contributed by atoms with Gasteiger partial charge in [-0.05, 0) is 42.0 Å². The number of nitrogens with zero attached hydrogens (tertiary/aromatic N) is 5. The molecule has 12 nitrogen and oxygen atoms in total. The Kier molecular flexibility index (Phi) is 7.55. The van der Waals surface area contributed by atoms with E-state index < -0.39 is 41.4 Å². The Morgan fingerprint density at radius 2 is 2.18 bits per heavy atom. The average molecular weight is 578 g/mol. The molecule has 15 heteroatoms. The summed E-state index contributed by atoms with van der Waals surface area (Å²) in [7, 11) is 1.45. The number of nitrogen functional groups attached to an aromatic ring is 1. The summed E-state index contributed by atoms with van der Waals surface area (Å²) in [5.41, 5.74) is 6.51. The van der Waals surface area contributed by atoms with E-state index in [4.69, 9.17) is 10.5 Å². The van der Waals surface area contributed by atoms with Crippen molar-refractivity contribution in [3.05, 3.63) is 36.2 Å². The molecule has 1 amide bonds. The molecular weight excluding hydrogens is 551 g/mol. The SMILES string of the molecule is COc1cc2c(N)nccc2cc1C[C@H](C(=O)O)N1CC[C@H](N(c2cnc(N3CC[C@@H](F)C3)s2)S(=O)[O-])C1=O. The number of pyridine rings is 1. The number of benzene rings is 1. The number of hydrogen-bond acceptors (Lipinski definition) is 10. The zero-order valence-electron chi connectivity index (χ0n) is 20.9. The lowest BCUT2D eigenvalue weighted by Gasteiger charge is -2.30. The standard InChI is InChI=1S/C24H27FN6O6S2/c1-37-19-10-16-13(2-5-27-21(16)26)8-14(19)9-18(23(33)34)30-7-4-17(22(30)32)31(39(35)36)20-11-28-24(38-20)29-6-3-15(25)12-29/h2,5,8,10-11,15,17-18H,3-4,6-7,9,12H2,1H3,(H2,26,27)(H,33,34)(H,35,36)/p-1/t15-,17+,18-/m1/s1. The van der Waals surface area contributed by atoms with E-state index in [-0.39, 0.29) is 30.9 Å². The first kappa shape index (κ1) is 27.0. The van der Waals surface area contributed by atoms with Gasteiger partial charge in [-0.15, -0.1) is 0 Å². The molecule has 2 aliphatic rings. The monoisotopic (exact) mass is 577 g/mol. The minimum Gasteiger partial charge on any atom is -0.755 e. The van der Waals surface area contributed by atoms with E-state index >= 15 is 0 Å². The zero-order chi connectivity index (χ0) is 27.8. The van der Waals surface area contributed by atoms with Gasteiger partial charge in [0.25, 0.3) is 0 Å². The first-order valence-corrected chi connectivity index (χ1v) is 14.0. The fourth-order valence-electron chi connectivity index (χ4n) is 5.10. The first-order chi connectivity index (χ1) is 18.7. The lowest BCUT2D eigenvalue weighted by atomic mass is 10.00. The van der Waals surface area contributed by atoms with Gasteiger partial charge in [0.05, 0.1) is 19.9 Å². The minimum absolute atomic E-state index is 0.0439. The second-order valence-electron chi connectivity index (χ2n) is 9.33. The summed E-state index contributed by atoms with van der Waals surface area (Å²) in [5.74, 6) is -1.16. The number of carboxylic acid groups (broad SMARTS) is 1. The number of carbonyl (C=O) groups is 2. The van der Waals surface area contributed by atoms with Gasteiger partial charge in [0.1, 0.15) is 34.8 Å². The summed E-state index contributed by atoms with van der Waals surface area (Å²) in [4.78, 5) is 37.1. The molecule has 0 aliphatic carbocycles. The number of thiazole rings is 1. The van der Waals surface area contributed by atoms with Crippen LogP contribution in [0.1, 0.15) is 18.4 Å². The summed E-state index contributed by atoms with van der Waals surface area (Å²) in [5, 5.41) is 12.1. The summed E-state index contributed by atoms with van der Waals surface area (Å²) in [6.45, 7) is 0.680. The van der Waals surface area contributed by atoms with Crippen LogP contribution >= 0.6 is 11.3 Å². The number of anilines is 3. The maximum absolute atomic E-state index is 13.6. The lowest BCUT2D eigenvalue weighted by molar-refractivity contribution is -0.148. The Bertz CT molecular complexity index is 1440. The molecule has 2 aliphatic heterocycles. The van der Waals surface area contributed by atoms with Crippen LogP contribution in [-0.2, 0) is 27.3 Å². The summed E-state index contributed by atoms with van der Waals surface area (Å²) in [6, 6.07) is 2.77. The second-order valence-corrected chi connectivity index (χ2v) is 11.1. The molecule has 2 aromatic heterocycles.